The van der Waals surface area contributed by atoms with E-state index in [1.165, 1.54) is 5.56 Å². The van der Waals surface area contributed by atoms with Crippen LogP contribution in [0.15, 0.2) is 45.3 Å². The summed E-state index contributed by atoms with van der Waals surface area (Å²) in [5, 5.41) is 3.88. The molecule has 0 aliphatic heterocycles. The third-order valence-corrected chi connectivity index (χ3v) is 4.48. The van der Waals surface area contributed by atoms with Crippen molar-refractivity contribution in [3.05, 3.63) is 55.9 Å². The molecular formula is C15H14Br2ClNO. The molecule has 0 bridgehead atoms. The first-order chi connectivity index (χ1) is 9.51. The average Bonchev–Trinajstić information content (AvgIpc) is 2.42. The van der Waals surface area contributed by atoms with Gasteiger partial charge in [-0.3, -0.25) is 0 Å². The molecule has 20 heavy (non-hydrogen) atoms. The van der Waals surface area contributed by atoms with E-state index in [-0.39, 0.29) is 0 Å². The maximum absolute atomic E-state index is 5.92. The maximum Gasteiger partial charge on any atom is 0.141 e. The lowest BCUT2D eigenvalue weighted by Crippen LogP contribution is -2.12. The monoisotopic (exact) mass is 417 g/mol. The molecule has 0 saturated carbocycles. The topological polar surface area (TPSA) is 21.3 Å². The van der Waals surface area contributed by atoms with Gasteiger partial charge in [0.2, 0.25) is 0 Å². The molecular weight excluding hydrogens is 405 g/mol. The summed E-state index contributed by atoms with van der Waals surface area (Å²) < 4.78 is 7.63. The number of hydrogen-bond acceptors (Lipinski definition) is 2. The van der Waals surface area contributed by atoms with Gasteiger partial charge in [0.1, 0.15) is 11.5 Å². The van der Waals surface area contributed by atoms with E-state index in [4.69, 9.17) is 16.3 Å². The first kappa shape index (κ1) is 15.8. The summed E-state index contributed by atoms with van der Waals surface area (Å²) in [6.07, 6.45) is 0. The number of halogens is 3. The Morgan fingerprint density at radius 2 is 1.65 bits per heavy atom. The van der Waals surface area contributed by atoms with Crippen LogP contribution in [0, 0.1) is 0 Å². The van der Waals surface area contributed by atoms with E-state index in [0.717, 1.165) is 20.4 Å². The van der Waals surface area contributed by atoms with E-state index in [2.05, 4.69) is 50.2 Å². The summed E-state index contributed by atoms with van der Waals surface area (Å²) in [4.78, 5) is 0. The first-order valence-corrected chi connectivity index (χ1v) is 8.07. The normalized spacial score (nSPS) is 12.2. The van der Waals surface area contributed by atoms with Crippen molar-refractivity contribution < 1.29 is 4.74 Å². The van der Waals surface area contributed by atoms with Crippen molar-refractivity contribution >= 4 is 43.5 Å². The summed E-state index contributed by atoms with van der Waals surface area (Å²) in [5.41, 5.74) is 1.20. The average molecular weight is 420 g/mol. The molecule has 0 heterocycles. The molecule has 0 radical (unpaired) electrons. The second-order valence-electron chi connectivity index (χ2n) is 4.38. The zero-order chi connectivity index (χ0) is 14.7. The van der Waals surface area contributed by atoms with Crippen LogP contribution in [-0.2, 0) is 0 Å². The molecule has 1 atom stereocenters. The second kappa shape index (κ2) is 6.94. The molecule has 0 aliphatic carbocycles. The fourth-order valence-corrected chi connectivity index (χ4v) is 2.95. The maximum atomic E-state index is 5.92. The van der Waals surface area contributed by atoms with E-state index in [1.807, 2.05) is 31.3 Å². The van der Waals surface area contributed by atoms with Crippen molar-refractivity contribution in [1.82, 2.24) is 5.32 Å². The Kier molecular flexibility index (Phi) is 5.49. The fourth-order valence-electron chi connectivity index (χ4n) is 1.71. The van der Waals surface area contributed by atoms with Crippen molar-refractivity contribution in [2.45, 2.75) is 13.0 Å². The predicted molar refractivity (Wildman–Crippen MR) is 90.8 cm³/mol. The van der Waals surface area contributed by atoms with Gasteiger partial charge in [-0.05, 0) is 81.7 Å². The van der Waals surface area contributed by atoms with Crippen LogP contribution in [0.2, 0.25) is 5.02 Å². The third kappa shape index (κ3) is 3.76. The summed E-state index contributed by atoms with van der Waals surface area (Å²) in [7, 11) is 1.94. The van der Waals surface area contributed by atoms with Crippen LogP contribution in [-0.4, -0.2) is 7.05 Å². The summed E-state index contributed by atoms with van der Waals surface area (Å²) in [6, 6.07) is 11.8. The Bertz CT molecular complexity index is 619. The molecule has 0 aliphatic rings. The van der Waals surface area contributed by atoms with Crippen LogP contribution >= 0.6 is 43.5 Å². The Hall–Kier alpha value is -0.550. The molecule has 0 spiro atoms. The van der Waals surface area contributed by atoms with Gasteiger partial charge in [0, 0.05) is 11.1 Å². The molecule has 2 aromatic rings. The van der Waals surface area contributed by atoms with Gasteiger partial charge in [0.05, 0.1) is 8.95 Å². The molecule has 5 heteroatoms. The minimum atomic E-state index is 0.294. The first-order valence-electron chi connectivity index (χ1n) is 6.11. The minimum absolute atomic E-state index is 0.294. The van der Waals surface area contributed by atoms with Crippen molar-refractivity contribution in [3.8, 4) is 11.5 Å². The van der Waals surface area contributed by atoms with Gasteiger partial charge in [-0.2, -0.15) is 0 Å². The number of nitrogens with one attached hydrogen (secondary N) is 1. The number of ether oxygens (including phenoxy) is 1. The largest absolute Gasteiger partial charge is 0.455 e. The Labute approximate surface area is 140 Å². The lowest BCUT2D eigenvalue weighted by atomic mass is 10.1. The minimum Gasteiger partial charge on any atom is -0.455 e. The Morgan fingerprint density at radius 1 is 1.05 bits per heavy atom. The van der Waals surface area contributed by atoms with Crippen LogP contribution in [0.4, 0.5) is 0 Å². The summed E-state index contributed by atoms with van der Waals surface area (Å²) in [6.45, 7) is 2.11. The van der Waals surface area contributed by atoms with Crippen LogP contribution in [0.3, 0.4) is 0 Å². The molecule has 2 nitrogen and oxygen atoms in total. The van der Waals surface area contributed by atoms with E-state index >= 15 is 0 Å². The molecule has 0 aromatic heterocycles. The van der Waals surface area contributed by atoms with Crippen molar-refractivity contribution in [1.29, 1.82) is 0 Å². The highest BCUT2D eigenvalue weighted by Crippen LogP contribution is 2.36. The van der Waals surface area contributed by atoms with Crippen LogP contribution in [0.5, 0.6) is 11.5 Å². The van der Waals surface area contributed by atoms with Gasteiger partial charge in [-0.15, -0.1) is 0 Å². The van der Waals surface area contributed by atoms with Crippen molar-refractivity contribution in [3.63, 3.8) is 0 Å². The third-order valence-electron chi connectivity index (χ3n) is 3.00. The SMILES string of the molecule is CNC(C)c1ccc(Oc2ccc(Cl)cc2Br)c(Br)c1. The van der Waals surface area contributed by atoms with Gasteiger partial charge in [0.15, 0.2) is 0 Å². The highest BCUT2D eigenvalue weighted by atomic mass is 79.9. The molecule has 0 amide bonds. The van der Waals surface area contributed by atoms with Gasteiger partial charge in [-0.25, -0.2) is 0 Å². The van der Waals surface area contributed by atoms with E-state index in [9.17, 15) is 0 Å². The molecule has 2 aromatic carbocycles. The highest BCUT2D eigenvalue weighted by Gasteiger charge is 2.09. The number of benzene rings is 2. The molecule has 1 N–H and O–H groups in total. The molecule has 1 unspecified atom stereocenters. The lowest BCUT2D eigenvalue weighted by Gasteiger charge is -2.14. The smallest absolute Gasteiger partial charge is 0.141 e. The Morgan fingerprint density at radius 3 is 2.20 bits per heavy atom. The molecule has 0 fully saturated rings. The standard InChI is InChI=1S/C15H14Br2ClNO/c1-9(19-2)10-3-5-14(12(16)7-10)20-15-6-4-11(18)8-13(15)17/h3-9,19H,1-2H3. The van der Waals surface area contributed by atoms with Crippen molar-refractivity contribution in [2.75, 3.05) is 7.05 Å². The molecule has 0 saturated heterocycles. The van der Waals surface area contributed by atoms with E-state index in [1.54, 1.807) is 6.07 Å². The lowest BCUT2D eigenvalue weighted by molar-refractivity contribution is 0.476. The summed E-state index contributed by atoms with van der Waals surface area (Å²) in [5.74, 6) is 1.49. The van der Waals surface area contributed by atoms with E-state index in [0.29, 0.717) is 11.1 Å². The second-order valence-corrected chi connectivity index (χ2v) is 6.52. The summed E-state index contributed by atoms with van der Waals surface area (Å²) >= 11 is 12.9. The van der Waals surface area contributed by atoms with Crippen LogP contribution in [0.25, 0.3) is 0 Å². The quantitative estimate of drug-likeness (QED) is 0.662. The van der Waals surface area contributed by atoms with Crippen LogP contribution < -0.4 is 10.1 Å². The number of hydrogen-bond donors (Lipinski definition) is 1. The Balaban J connectivity index is 2.25. The molecule has 2 rings (SSSR count). The van der Waals surface area contributed by atoms with Gasteiger partial charge >= 0.3 is 0 Å². The van der Waals surface area contributed by atoms with E-state index < -0.39 is 0 Å². The fraction of sp³-hybridized carbons (Fsp3) is 0.200. The van der Waals surface area contributed by atoms with Gasteiger partial charge < -0.3 is 10.1 Å². The van der Waals surface area contributed by atoms with Crippen molar-refractivity contribution in [2.24, 2.45) is 0 Å². The van der Waals surface area contributed by atoms with Gasteiger partial charge in [0.25, 0.3) is 0 Å². The van der Waals surface area contributed by atoms with Gasteiger partial charge in [-0.1, -0.05) is 17.7 Å². The highest BCUT2D eigenvalue weighted by molar-refractivity contribution is 9.11. The zero-order valence-corrected chi connectivity index (χ0v) is 15.0. The molecule has 106 valence electrons. The predicted octanol–water partition coefficient (Wildman–Crippen LogP) is 5.94. The zero-order valence-electron chi connectivity index (χ0n) is 11.1. The number of rotatable bonds is 4. The van der Waals surface area contributed by atoms with Crippen LogP contribution in [0.1, 0.15) is 18.5 Å².